The molecule has 1 saturated carbocycles. The minimum absolute atomic E-state index is 0.0684. The Labute approximate surface area is 122 Å². The highest BCUT2D eigenvalue weighted by Gasteiger charge is 2.34. The third kappa shape index (κ3) is 4.19. The summed E-state index contributed by atoms with van der Waals surface area (Å²) in [4.78, 5) is 12.3. The van der Waals surface area contributed by atoms with Crippen LogP contribution in [0.3, 0.4) is 0 Å². The molecule has 2 rings (SSSR count). The average molecular weight is 282 g/mol. The molecule has 1 aliphatic heterocycles. The van der Waals surface area contributed by atoms with Crippen molar-refractivity contribution in [2.24, 2.45) is 16.6 Å². The largest absolute Gasteiger partial charge is 0.381 e. The van der Waals surface area contributed by atoms with Crippen molar-refractivity contribution in [3.05, 3.63) is 0 Å². The van der Waals surface area contributed by atoms with Crippen molar-refractivity contribution >= 4 is 5.91 Å². The predicted molar refractivity (Wildman–Crippen MR) is 80.4 cm³/mol. The van der Waals surface area contributed by atoms with Crippen LogP contribution in [0.2, 0.25) is 0 Å². The van der Waals surface area contributed by atoms with Gasteiger partial charge in [-0.15, -0.1) is 0 Å². The fraction of sp³-hybridized carbons (Fsp3) is 0.938. The lowest BCUT2D eigenvalue weighted by molar-refractivity contribution is -0.124. The quantitative estimate of drug-likeness (QED) is 0.812. The second-order valence-electron chi connectivity index (χ2n) is 7.14. The van der Waals surface area contributed by atoms with Gasteiger partial charge in [-0.1, -0.05) is 26.2 Å². The summed E-state index contributed by atoms with van der Waals surface area (Å²) in [5.41, 5.74) is 6.23. The van der Waals surface area contributed by atoms with Crippen molar-refractivity contribution in [1.82, 2.24) is 5.32 Å². The Kier molecular flexibility index (Phi) is 5.44. The lowest BCUT2D eigenvalue weighted by Gasteiger charge is -2.37. The zero-order valence-corrected chi connectivity index (χ0v) is 12.9. The van der Waals surface area contributed by atoms with Crippen LogP contribution in [0.25, 0.3) is 0 Å². The molecule has 20 heavy (non-hydrogen) atoms. The number of carbonyl (C=O) groups is 1. The van der Waals surface area contributed by atoms with E-state index in [0.29, 0.717) is 13.0 Å². The Morgan fingerprint density at radius 3 is 2.40 bits per heavy atom. The van der Waals surface area contributed by atoms with E-state index in [4.69, 9.17) is 10.5 Å². The molecule has 4 heteroatoms. The van der Waals surface area contributed by atoms with Gasteiger partial charge in [-0.05, 0) is 43.1 Å². The van der Waals surface area contributed by atoms with Gasteiger partial charge < -0.3 is 15.8 Å². The molecule has 2 aliphatic rings. The topological polar surface area (TPSA) is 64.4 Å². The molecule has 3 N–H and O–H groups in total. The van der Waals surface area contributed by atoms with Gasteiger partial charge in [-0.3, -0.25) is 4.79 Å². The first-order chi connectivity index (χ1) is 9.58. The van der Waals surface area contributed by atoms with Gasteiger partial charge >= 0.3 is 0 Å². The van der Waals surface area contributed by atoms with Gasteiger partial charge in [-0.25, -0.2) is 0 Å². The maximum atomic E-state index is 12.3. The number of hydrogen-bond acceptors (Lipinski definition) is 3. The summed E-state index contributed by atoms with van der Waals surface area (Å²) in [6.07, 6.45) is 8.64. The lowest BCUT2D eigenvalue weighted by atomic mass is 9.71. The van der Waals surface area contributed by atoms with E-state index >= 15 is 0 Å². The summed E-state index contributed by atoms with van der Waals surface area (Å²) in [6, 6.07) is 0. The number of hydrogen-bond donors (Lipinski definition) is 2. The van der Waals surface area contributed by atoms with E-state index in [1.165, 1.54) is 19.3 Å². The summed E-state index contributed by atoms with van der Waals surface area (Å²) in [6.45, 7) is 5.30. The highest BCUT2D eigenvalue weighted by Crippen LogP contribution is 2.38. The molecular weight excluding hydrogens is 252 g/mol. The van der Waals surface area contributed by atoms with Crippen molar-refractivity contribution in [2.75, 3.05) is 26.3 Å². The monoisotopic (exact) mass is 282 g/mol. The van der Waals surface area contributed by atoms with Gasteiger partial charge in [0.15, 0.2) is 0 Å². The average Bonchev–Trinajstić information content (AvgIpc) is 2.47. The van der Waals surface area contributed by atoms with Crippen molar-refractivity contribution in [3.63, 3.8) is 0 Å². The minimum Gasteiger partial charge on any atom is -0.381 e. The van der Waals surface area contributed by atoms with Gasteiger partial charge in [-0.2, -0.15) is 0 Å². The molecule has 0 radical (unpaired) electrons. The van der Waals surface area contributed by atoms with E-state index in [0.717, 1.165) is 45.4 Å². The number of nitrogens with one attached hydrogen (secondary N) is 1. The summed E-state index contributed by atoms with van der Waals surface area (Å²) < 4.78 is 5.40. The summed E-state index contributed by atoms with van der Waals surface area (Å²) >= 11 is 0. The molecule has 0 unspecified atom stereocenters. The molecule has 1 saturated heterocycles. The third-order valence-electron chi connectivity index (χ3n) is 5.30. The second kappa shape index (κ2) is 6.90. The fourth-order valence-electron chi connectivity index (χ4n) is 3.51. The molecule has 0 atom stereocenters. The first kappa shape index (κ1) is 15.8. The van der Waals surface area contributed by atoms with E-state index in [1.54, 1.807) is 0 Å². The molecule has 116 valence electrons. The van der Waals surface area contributed by atoms with Crippen LogP contribution >= 0.6 is 0 Å². The van der Waals surface area contributed by atoms with Crippen molar-refractivity contribution < 1.29 is 9.53 Å². The molecule has 0 aromatic heterocycles. The van der Waals surface area contributed by atoms with Gasteiger partial charge in [0.05, 0.1) is 0 Å². The van der Waals surface area contributed by atoms with Crippen LogP contribution in [0.5, 0.6) is 0 Å². The van der Waals surface area contributed by atoms with Crippen LogP contribution in [-0.2, 0) is 9.53 Å². The molecular formula is C16H30N2O2. The number of amides is 1. The summed E-state index contributed by atoms with van der Waals surface area (Å²) in [5, 5.41) is 3.15. The Balaban J connectivity index is 1.79. The van der Waals surface area contributed by atoms with Crippen molar-refractivity contribution in [2.45, 2.75) is 58.3 Å². The standard InChI is InChI=1S/C16H30N2O2/c1-15(7-9-20-10-8-15)13-18-14(19)11-16(12-17)5-3-2-4-6-16/h2-13,17H2,1H3,(H,18,19). The normalized spacial score (nSPS) is 25.1. The minimum atomic E-state index is 0.0684. The molecule has 1 heterocycles. The van der Waals surface area contributed by atoms with E-state index < -0.39 is 0 Å². The molecule has 4 nitrogen and oxygen atoms in total. The maximum absolute atomic E-state index is 12.3. The molecule has 1 amide bonds. The highest BCUT2D eigenvalue weighted by atomic mass is 16.5. The van der Waals surface area contributed by atoms with Gasteiger partial charge in [0, 0.05) is 26.2 Å². The van der Waals surface area contributed by atoms with E-state index in [2.05, 4.69) is 12.2 Å². The van der Waals surface area contributed by atoms with Gasteiger partial charge in [0.1, 0.15) is 0 Å². The van der Waals surface area contributed by atoms with Crippen molar-refractivity contribution in [1.29, 1.82) is 0 Å². The first-order valence-electron chi connectivity index (χ1n) is 8.12. The number of rotatable bonds is 5. The summed E-state index contributed by atoms with van der Waals surface area (Å²) in [5.74, 6) is 0.185. The highest BCUT2D eigenvalue weighted by molar-refractivity contribution is 5.76. The molecule has 0 aromatic rings. The smallest absolute Gasteiger partial charge is 0.220 e. The molecule has 0 aromatic carbocycles. The molecule has 1 aliphatic carbocycles. The SMILES string of the molecule is CC1(CNC(=O)CC2(CN)CCCCC2)CCOCC1. The second-order valence-corrected chi connectivity index (χ2v) is 7.14. The van der Waals surface area contributed by atoms with Crippen molar-refractivity contribution in [3.8, 4) is 0 Å². The Bertz CT molecular complexity index is 318. The van der Waals surface area contributed by atoms with E-state index in [-0.39, 0.29) is 16.7 Å². The zero-order chi connectivity index (χ0) is 14.5. The van der Waals surface area contributed by atoms with Gasteiger partial charge in [0.25, 0.3) is 0 Å². The predicted octanol–water partition coefficient (Wildman–Crippen LogP) is 2.22. The number of ether oxygens (including phenoxy) is 1. The van der Waals surface area contributed by atoms with Crippen LogP contribution in [-0.4, -0.2) is 32.2 Å². The Hall–Kier alpha value is -0.610. The number of nitrogens with two attached hydrogens (primary N) is 1. The van der Waals surface area contributed by atoms with Crippen LogP contribution < -0.4 is 11.1 Å². The van der Waals surface area contributed by atoms with E-state index in [1.807, 2.05) is 0 Å². The first-order valence-corrected chi connectivity index (χ1v) is 8.12. The lowest BCUT2D eigenvalue weighted by Crippen LogP contribution is -2.43. The van der Waals surface area contributed by atoms with Crippen LogP contribution in [0.4, 0.5) is 0 Å². The maximum Gasteiger partial charge on any atom is 0.220 e. The Morgan fingerprint density at radius 1 is 1.15 bits per heavy atom. The van der Waals surface area contributed by atoms with Crippen LogP contribution in [0.15, 0.2) is 0 Å². The zero-order valence-electron chi connectivity index (χ0n) is 12.9. The Morgan fingerprint density at radius 2 is 1.80 bits per heavy atom. The summed E-state index contributed by atoms with van der Waals surface area (Å²) in [7, 11) is 0. The third-order valence-corrected chi connectivity index (χ3v) is 5.30. The fourth-order valence-corrected chi connectivity index (χ4v) is 3.51. The van der Waals surface area contributed by atoms with Crippen LogP contribution in [0, 0.1) is 10.8 Å². The van der Waals surface area contributed by atoms with E-state index in [9.17, 15) is 4.79 Å². The molecule has 0 bridgehead atoms. The molecule has 2 fully saturated rings. The van der Waals surface area contributed by atoms with Gasteiger partial charge in [0.2, 0.25) is 5.91 Å². The molecule has 0 spiro atoms. The number of carbonyl (C=O) groups excluding carboxylic acids is 1. The van der Waals surface area contributed by atoms with Crippen LogP contribution in [0.1, 0.15) is 58.3 Å².